The Morgan fingerprint density at radius 2 is 1.94 bits per heavy atom. The molecule has 0 unspecified atom stereocenters. The fourth-order valence-corrected chi connectivity index (χ4v) is 1.62. The maximum Gasteiger partial charge on any atom is 0.488 e. The molecule has 17 heavy (non-hydrogen) atoms. The molecule has 2 rings (SSSR count). The summed E-state index contributed by atoms with van der Waals surface area (Å²) in [5.74, 6) is -0.466. The Morgan fingerprint density at radius 3 is 2.65 bits per heavy atom. The number of aromatic nitrogens is 1. The first kappa shape index (κ1) is 12.0. The Bertz CT molecular complexity index is 551. The number of benzene rings is 1. The van der Waals surface area contributed by atoms with Gasteiger partial charge in [-0.1, -0.05) is 11.6 Å². The maximum atomic E-state index is 13.6. The van der Waals surface area contributed by atoms with Crippen LogP contribution in [0.5, 0.6) is 0 Å². The van der Waals surface area contributed by atoms with E-state index in [2.05, 4.69) is 4.98 Å². The van der Waals surface area contributed by atoms with E-state index >= 15 is 0 Å². The van der Waals surface area contributed by atoms with Gasteiger partial charge in [0.05, 0.1) is 5.69 Å². The molecule has 0 spiro atoms. The molecule has 0 aliphatic carbocycles. The lowest BCUT2D eigenvalue weighted by molar-refractivity contribution is 0.425. The van der Waals surface area contributed by atoms with Crippen molar-refractivity contribution in [2.24, 2.45) is 0 Å². The van der Waals surface area contributed by atoms with Crippen LogP contribution < -0.4 is 5.46 Å². The molecule has 1 aromatic heterocycles. The SMILES string of the molecule is OB(O)c1ccnc(-c2cc(Cl)ccc2F)c1. The van der Waals surface area contributed by atoms with E-state index in [9.17, 15) is 4.39 Å². The van der Waals surface area contributed by atoms with E-state index in [1.807, 2.05) is 0 Å². The summed E-state index contributed by atoms with van der Waals surface area (Å²) in [5, 5.41) is 18.4. The van der Waals surface area contributed by atoms with Gasteiger partial charge in [0.25, 0.3) is 0 Å². The lowest BCUT2D eigenvalue weighted by Gasteiger charge is -2.05. The Labute approximate surface area is 103 Å². The van der Waals surface area contributed by atoms with Gasteiger partial charge in [0.2, 0.25) is 0 Å². The first-order chi connectivity index (χ1) is 8.08. The number of halogens is 2. The van der Waals surface area contributed by atoms with Crippen molar-refractivity contribution in [3.05, 3.63) is 47.4 Å². The van der Waals surface area contributed by atoms with Gasteiger partial charge in [-0.25, -0.2) is 4.39 Å². The first-order valence-electron chi connectivity index (χ1n) is 4.85. The summed E-state index contributed by atoms with van der Waals surface area (Å²) in [6.07, 6.45) is 1.38. The van der Waals surface area contributed by atoms with Gasteiger partial charge in [0.15, 0.2) is 0 Å². The number of hydrogen-bond acceptors (Lipinski definition) is 3. The highest BCUT2D eigenvalue weighted by Crippen LogP contribution is 2.23. The molecule has 3 nitrogen and oxygen atoms in total. The molecule has 1 heterocycles. The summed E-state index contributed by atoms with van der Waals surface area (Å²) in [6, 6.07) is 6.95. The highest BCUT2D eigenvalue weighted by atomic mass is 35.5. The summed E-state index contributed by atoms with van der Waals surface area (Å²) in [6.45, 7) is 0. The molecule has 0 saturated carbocycles. The molecular formula is C11H8BClFNO2. The number of nitrogens with zero attached hydrogens (tertiary/aromatic N) is 1. The maximum absolute atomic E-state index is 13.6. The molecule has 6 heteroatoms. The van der Waals surface area contributed by atoms with Crippen molar-refractivity contribution in [3.8, 4) is 11.3 Å². The van der Waals surface area contributed by atoms with Crippen molar-refractivity contribution in [1.82, 2.24) is 4.98 Å². The van der Waals surface area contributed by atoms with Crippen molar-refractivity contribution < 1.29 is 14.4 Å². The largest absolute Gasteiger partial charge is 0.488 e. The summed E-state index contributed by atoms with van der Waals surface area (Å²) in [4.78, 5) is 3.97. The average molecular weight is 251 g/mol. The van der Waals surface area contributed by atoms with Gasteiger partial charge >= 0.3 is 7.12 Å². The standard InChI is InChI=1S/C11H8BClFNO2/c13-8-1-2-10(14)9(6-8)11-5-7(12(16)17)3-4-15-11/h1-6,16-17H. The van der Waals surface area contributed by atoms with Gasteiger partial charge in [-0.2, -0.15) is 0 Å². The topological polar surface area (TPSA) is 53.4 Å². The van der Waals surface area contributed by atoms with Gasteiger partial charge < -0.3 is 10.0 Å². The van der Waals surface area contributed by atoms with Gasteiger partial charge in [0.1, 0.15) is 5.82 Å². The summed E-state index contributed by atoms with van der Waals surface area (Å²) < 4.78 is 13.6. The van der Waals surface area contributed by atoms with E-state index in [0.717, 1.165) is 0 Å². The van der Waals surface area contributed by atoms with Crippen molar-refractivity contribution in [2.45, 2.75) is 0 Å². The average Bonchev–Trinajstić information content (AvgIpc) is 2.32. The zero-order valence-electron chi connectivity index (χ0n) is 8.64. The monoisotopic (exact) mass is 251 g/mol. The minimum atomic E-state index is -1.61. The quantitative estimate of drug-likeness (QED) is 0.789. The molecule has 0 aliphatic heterocycles. The Morgan fingerprint density at radius 1 is 1.18 bits per heavy atom. The van der Waals surface area contributed by atoms with Crippen LogP contribution in [0.4, 0.5) is 4.39 Å². The van der Waals surface area contributed by atoms with Crippen LogP contribution in [-0.4, -0.2) is 22.2 Å². The normalized spacial score (nSPS) is 10.4. The van der Waals surface area contributed by atoms with Gasteiger partial charge in [-0.3, -0.25) is 4.98 Å². The smallest absolute Gasteiger partial charge is 0.423 e. The minimum absolute atomic E-state index is 0.222. The second-order valence-electron chi connectivity index (χ2n) is 3.47. The molecule has 2 N–H and O–H groups in total. The van der Waals surface area contributed by atoms with Crippen LogP contribution in [0.1, 0.15) is 0 Å². The number of rotatable bonds is 2. The molecule has 0 radical (unpaired) electrons. The van der Waals surface area contributed by atoms with Gasteiger partial charge in [-0.15, -0.1) is 0 Å². The summed E-state index contributed by atoms with van der Waals surface area (Å²) >= 11 is 5.78. The molecule has 2 aromatic rings. The summed E-state index contributed by atoms with van der Waals surface area (Å²) in [7, 11) is -1.61. The highest BCUT2D eigenvalue weighted by Gasteiger charge is 2.14. The summed E-state index contributed by atoms with van der Waals surface area (Å²) in [5.41, 5.74) is 0.768. The molecule has 86 valence electrons. The van der Waals surface area contributed by atoms with E-state index in [-0.39, 0.29) is 11.0 Å². The fraction of sp³-hybridized carbons (Fsp3) is 0. The third kappa shape index (κ3) is 2.63. The van der Waals surface area contributed by atoms with E-state index in [0.29, 0.717) is 10.7 Å². The second kappa shape index (κ2) is 4.83. The van der Waals surface area contributed by atoms with Gasteiger partial charge in [-0.05, 0) is 35.8 Å². The molecular weight excluding hydrogens is 243 g/mol. The molecule has 0 atom stereocenters. The first-order valence-corrected chi connectivity index (χ1v) is 5.23. The van der Waals surface area contributed by atoms with Crippen LogP contribution in [0.15, 0.2) is 36.5 Å². The van der Waals surface area contributed by atoms with Crippen LogP contribution >= 0.6 is 11.6 Å². The Hall–Kier alpha value is -1.43. The van der Waals surface area contributed by atoms with Crippen molar-refractivity contribution in [3.63, 3.8) is 0 Å². The van der Waals surface area contributed by atoms with E-state index < -0.39 is 12.9 Å². The van der Waals surface area contributed by atoms with Crippen LogP contribution in [0.25, 0.3) is 11.3 Å². The van der Waals surface area contributed by atoms with Crippen LogP contribution in [0.2, 0.25) is 5.02 Å². The molecule has 0 saturated heterocycles. The molecule has 0 aliphatic rings. The van der Waals surface area contributed by atoms with E-state index in [1.165, 1.54) is 36.5 Å². The lowest BCUT2D eigenvalue weighted by atomic mass is 9.80. The van der Waals surface area contributed by atoms with Crippen LogP contribution in [0, 0.1) is 5.82 Å². The molecule has 0 fully saturated rings. The number of hydrogen-bond donors (Lipinski definition) is 2. The second-order valence-corrected chi connectivity index (χ2v) is 3.91. The Kier molecular flexibility index (Phi) is 3.42. The third-order valence-corrected chi connectivity index (χ3v) is 2.52. The van der Waals surface area contributed by atoms with E-state index in [1.54, 1.807) is 0 Å². The zero-order chi connectivity index (χ0) is 12.4. The van der Waals surface area contributed by atoms with Gasteiger partial charge in [0, 0.05) is 16.8 Å². The van der Waals surface area contributed by atoms with Crippen molar-refractivity contribution >= 4 is 24.2 Å². The van der Waals surface area contributed by atoms with E-state index in [4.69, 9.17) is 21.6 Å². The lowest BCUT2D eigenvalue weighted by Crippen LogP contribution is -2.29. The van der Waals surface area contributed by atoms with Crippen LogP contribution in [0.3, 0.4) is 0 Å². The highest BCUT2D eigenvalue weighted by molar-refractivity contribution is 6.58. The molecule has 0 amide bonds. The Balaban J connectivity index is 2.52. The fourth-order valence-electron chi connectivity index (χ4n) is 1.45. The minimum Gasteiger partial charge on any atom is -0.423 e. The predicted octanol–water partition coefficient (Wildman–Crippen LogP) is 1.22. The molecule has 0 bridgehead atoms. The number of pyridine rings is 1. The predicted molar refractivity (Wildman–Crippen MR) is 64.5 cm³/mol. The zero-order valence-corrected chi connectivity index (χ0v) is 9.39. The van der Waals surface area contributed by atoms with Crippen molar-refractivity contribution in [2.75, 3.05) is 0 Å². The van der Waals surface area contributed by atoms with Crippen LogP contribution in [-0.2, 0) is 0 Å². The van der Waals surface area contributed by atoms with Crippen molar-refractivity contribution in [1.29, 1.82) is 0 Å². The molecule has 1 aromatic carbocycles. The third-order valence-electron chi connectivity index (χ3n) is 2.29.